The lowest BCUT2D eigenvalue weighted by atomic mass is 9.98. The van der Waals surface area contributed by atoms with Crippen LogP contribution in [-0.2, 0) is 53.0 Å². The summed E-state index contributed by atoms with van der Waals surface area (Å²) in [6.45, 7) is 3.80. The van der Waals surface area contributed by atoms with E-state index < -0.39 is 33.1 Å². The Kier molecular flexibility index (Phi) is 17.6. The number of hydrogen-bond donors (Lipinski definition) is 1. The van der Waals surface area contributed by atoms with Crippen LogP contribution in [0.25, 0.3) is 22.5 Å². The zero-order valence-corrected chi connectivity index (χ0v) is 40.7. The van der Waals surface area contributed by atoms with Gasteiger partial charge in [-0.15, -0.1) is 0 Å². The smallest absolute Gasteiger partial charge is 0.406 e. The summed E-state index contributed by atoms with van der Waals surface area (Å²) in [6.07, 6.45) is 8.87. The number of aromatic nitrogens is 8. The molecule has 8 aromatic rings. The van der Waals surface area contributed by atoms with Gasteiger partial charge in [0.1, 0.15) is 18.2 Å². The van der Waals surface area contributed by atoms with Crippen LogP contribution in [0.2, 0.25) is 0 Å². The molecule has 6 aromatic heterocycles. The molecule has 0 saturated carbocycles. The van der Waals surface area contributed by atoms with Crippen molar-refractivity contribution in [3.8, 4) is 28.3 Å². The molecule has 6 heterocycles. The molecule has 0 saturated heterocycles. The quantitative estimate of drug-likeness (QED) is 0.0798. The van der Waals surface area contributed by atoms with E-state index in [0.29, 0.717) is 44.2 Å². The highest BCUT2D eigenvalue weighted by atomic mass is 79.9. The summed E-state index contributed by atoms with van der Waals surface area (Å²) in [5.74, 6) is -2.93. The lowest BCUT2D eigenvalue weighted by Crippen LogP contribution is -2.05. The zero-order valence-electron chi connectivity index (χ0n) is 37.5. The van der Waals surface area contributed by atoms with Gasteiger partial charge < -0.3 is 30.1 Å². The Bertz CT molecular complexity index is 3120. The van der Waals surface area contributed by atoms with E-state index in [-0.39, 0.29) is 24.8 Å². The monoisotopic (exact) mass is 1070 g/mol. The van der Waals surface area contributed by atoms with Crippen molar-refractivity contribution >= 4 is 43.5 Å². The number of ether oxygens (including phenoxy) is 1. The van der Waals surface area contributed by atoms with Crippen LogP contribution in [0.3, 0.4) is 0 Å². The van der Waals surface area contributed by atoms with Crippen molar-refractivity contribution in [1.29, 1.82) is 0 Å². The van der Waals surface area contributed by atoms with Gasteiger partial charge in [-0.25, -0.2) is 8.78 Å². The van der Waals surface area contributed by atoms with Crippen molar-refractivity contribution < 1.29 is 32.9 Å². The Labute approximate surface area is 410 Å². The fourth-order valence-corrected chi connectivity index (χ4v) is 7.66. The highest BCUT2D eigenvalue weighted by molar-refractivity contribution is 9.10. The molecule has 0 aliphatic rings. The largest absolute Gasteiger partial charge is 0.481 e. The minimum atomic E-state index is -0.940. The van der Waals surface area contributed by atoms with Gasteiger partial charge in [0.05, 0.1) is 38.3 Å². The minimum Gasteiger partial charge on any atom is -0.481 e. The normalized spacial score (nSPS) is 10.8. The van der Waals surface area contributed by atoms with Gasteiger partial charge in [-0.2, -0.15) is 14.6 Å². The molecule has 0 fully saturated rings. The van der Waals surface area contributed by atoms with Crippen LogP contribution < -0.4 is 4.74 Å². The first-order valence-corrected chi connectivity index (χ1v) is 22.6. The second-order valence-electron chi connectivity index (χ2n) is 15.1. The van der Waals surface area contributed by atoms with Crippen LogP contribution in [0, 0.1) is 37.7 Å². The van der Waals surface area contributed by atoms with Crippen molar-refractivity contribution in [2.75, 3.05) is 0 Å². The highest BCUT2D eigenvalue weighted by Crippen LogP contribution is 2.32. The lowest BCUT2D eigenvalue weighted by Gasteiger charge is -2.14. The van der Waals surface area contributed by atoms with E-state index in [1.54, 1.807) is 24.5 Å². The van der Waals surface area contributed by atoms with Crippen molar-refractivity contribution in [1.82, 2.24) is 39.5 Å². The minimum absolute atomic E-state index is 0.0159. The number of aryl methyl sites for hydroxylation is 4. The van der Waals surface area contributed by atoms with Gasteiger partial charge in [0.15, 0.2) is 12.4 Å². The van der Waals surface area contributed by atoms with E-state index in [1.807, 2.05) is 47.7 Å². The number of rotatable bonds is 14. The van der Waals surface area contributed by atoms with Gasteiger partial charge in [0, 0.05) is 79.5 Å². The standard InChI is InChI=1S/C24H21BrFN5O3.C19H20FN3O.C5H2BrFN2O2/c1-3-19-12-20(30(2)29-19)10-15-5-4-8-27-23(15)21-7-6-18(26)9-16(21)14-34-22-11-17(25)13-28-24(22)31(32)33;1-3-16-11-17(23(2)22-16)10-13-5-4-8-21-19(13)18-7-6-15(20)9-14(18)12-24;6-3-1-4(7)5(8-2-3)9(10)11/h4-9,11-13H,3,10,14H2,1-2H3;4-9,11,24H,3,10,12H2,1-2H3;1-2H. The first kappa shape index (κ1) is 51.2. The summed E-state index contributed by atoms with van der Waals surface area (Å²) >= 11 is 6.17. The predicted octanol–water partition coefficient (Wildman–Crippen LogP) is 10.6. The van der Waals surface area contributed by atoms with Gasteiger partial charge in [0.25, 0.3) is 0 Å². The van der Waals surface area contributed by atoms with Crippen molar-refractivity contribution in [2.24, 2.45) is 14.1 Å². The molecule has 0 bridgehead atoms. The molecule has 0 unspecified atom stereocenters. The molecule has 1 N–H and O–H groups in total. The molecule has 2 aromatic carbocycles. The third-order valence-electron chi connectivity index (χ3n) is 10.4. The average Bonchev–Trinajstić information content (AvgIpc) is 3.88. The third-order valence-corrected chi connectivity index (χ3v) is 11.3. The van der Waals surface area contributed by atoms with E-state index in [4.69, 9.17) is 4.74 Å². The summed E-state index contributed by atoms with van der Waals surface area (Å²) in [6, 6.07) is 23.1. The molecular weight excluding hydrogens is 1030 g/mol. The number of nitrogens with zero attached hydrogens (tertiary/aromatic N) is 10. The molecule has 0 spiro atoms. The Morgan fingerprint density at radius 1 is 0.638 bits per heavy atom. The molecule has 21 heteroatoms. The molecule has 0 atom stereocenters. The number of nitro groups is 2. The summed E-state index contributed by atoms with van der Waals surface area (Å²) in [5, 5.41) is 39.9. The number of benzene rings is 2. The summed E-state index contributed by atoms with van der Waals surface area (Å²) in [5.41, 5.74) is 10.1. The Hall–Kier alpha value is -7.23. The van der Waals surface area contributed by atoms with Crippen LogP contribution in [0.5, 0.6) is 5.75 Å². The number of aliphatic hydroxyl groups excluding tert-OH is 1. The molecular formula is C48H43Br2F3N10O6. The van der Waals surface area contributed by atoms with Crippen LogP contribution in [-0.4, -0.2) is 54.5 Å². The molecule has 16 nitrogen and oxygen atoms in total. The molecule has 0 amide bonds. The van der Waals surface area contributed by atoms with Gasteiger partial charge in [-0.1, -0.05) is 26.0 Å². The molecule has 356 valence electrons. The second-order valence-corrected chi connectivity index (χ2v) is 16.9. The number of hydrogen-bond acceptors (Lipinski definition) is 12. The van der Waals surface area contributed by atoms with Gasteiger partial charge in [-0.3, -0.25) is 19.3 Å². The second kappa shape index (κ2) is 23.7. The van der Waals surface area contributed by atoms with Crippen molar-refractivity contribution in [3.63, 3.8) is 0 Å². The fourth-order valence-electron chi connectivity index (χ4n) is 7.05. The van der Waals surface area contributed by atoms with Crippen LogP contribution in [0.15, 0.2) is 119 Å². The maximum absolute atomic E-state index is 14.2. The van der Waals surface area contributed by atoms with Crippen molar-refractivity contribution in [3.05, 3.63) is 201 Å². The van der Waals surface area contributed by atoms with Gasteiger partial charge in [-0.05, 0) is 142 Å². The maximum atomic E-state index is 14.2. The molecule has 0 aliphatic heterocycles. The van der Waals surface area contributed by atoms with Crippen molar-refractivity contribution in [2.45, 2.75) is 52.7 Å². The Morgan fingerprint density at radius 2 is 1.12 bits per heavy atom. The molecule has 8 rings (SSSR count). The van der Waals surface area contributed by atoms with E-state index in [2.05, 4.69) is 88.0 Å². The summed E-state index contributed by atoms with van der Waals surface area (Å²) in [7, 11) is 3.84. The highest BCUT2D eigenvalue weighted by Gasteiger charge is 2.21. The number of halogens is 5. The van der Waals surface area contributed by atoms with E-state index in [0.717, 1.165) is 64.1 Å². The zero-order chi connectivity index (χ0) is 49.8. The SMILES string of the molecule is CCc1cc(Cc2cccnc2-c2ccc(F)cc2CO)n(C)n1.CCc1cc(Cc2cccnc2-c2ccc(F)cc2COc2cc(Br)cnc2[N+](=O)[O-])n(C)n1.O=[N+]([O-])c1ncc(Br)cc1F. The Balaban J connectivity index is 0.000000193. The fraction of sp³-hybridized carbons (Fsp3) is 0.208. The maximum Gasteiger partial charge on any atom is 0.406 e. The predicted molar refractivity (Wildman–Crippen MR) is 257 cm³/mol. The first-order chi connectivity index (χ1) is 33.1. The molecule has 69 heavy (non-hydrogen) atoms. The molecule has 0 aliphatic carbocycles. The van der Waals surface area contributed by atoms with Gasteiger partial charge >= 0.3 is 11.6 Å². The number of pyridine rings is 4. The van der Waals surface area contributed by atoms with E-state index in [1.165, 1.54) is 42.7 Å². The topological polar surface area (TPSA) is 203 Å². The van der Waals surface area contributed by atoms with Crippen LogP contribution in [0.4, 0.5) is 24.8 Å². The summed E-state index contributed by atoms with van der Waals surface area (Å²) < 4.78 is 50.6. The van der Waals surface area contributed by atoms with E-state index in [9.17, 15) is 38.5 Å². The average molecular weight is 1070 g/mol. The lowest BCUT2D eigenvalue weighted by molar-refractivity contribution is -0.392. The Morgan fingerprint density at radius 3 is 1.58 bits per heavy atom. The van der Waals surface area contributed by atoms with Gasteiger partial charge in [0.2, 0.25) is 11.6 Å². The van der Waals surface area contributed by atoms with E-state index >= 15 is 0 Å². The van der Waals surface area contributed by atoms with Crippen LogP contribution >= 0.6 is 31.9 Å². The summed E-state index contributed by atoms with van der Waals surface area (Å²) in [4.78, 5) is 36.0. The first-order valence-electron chi connectivity index (χ1n) is 21.1. The van der Waals surface area contributed by atoms with Crippen LogP contribution in [0.1, 0.15) is 58.9 Å². The molecule has 0 radical (unpaired) electrons. The number of aliphatic hydroxyl groups is 1. The third kappa shape index (κ3) is 13.3.